The molecule has 0 saturated heterocycles. The Hall–Kier alpha value is -2.23. The molecule has 1 aliphatic rings. The SMILES string of the molecule is Cc1ccc(OCc2ccc(C(=O)NC3CCCCC3)o2)cc1. The van der Waals surface area contributed by atoms with Gasteiger partial charge in [-0.15, -0.1) is 0 Å². The van der Waals surface area contributed by atoms with Crippen LogP contribution in [0.5, 0.6) is 5.75 Å². The van der Waals surface area contributed by atoms with Gasteiger partial charge in [-0.25, -0.2) is 0 Å². The average molecular weight is 313 g/mol. The Morgan fingerprint density at radius 3 is 2.61 bits per heavy atom. The van der Waals surface area contributed by atoms with E-state index in [9.17, 15) is 4.79 Å². The molecule has 23 heavy (non-hydrogen) atoms. The number of carbonyl (C=O) groups excluding carboxylic acids is 1. The molecule has 1 amide bonds. The van der Waals surface area contributed by atoms with Crippen LogP contribution in [0.25, 0.3) is 0 Å². The zero-order chi connectivity index (χ0) is 16.1. The topological polar surface area (TPSA) is 51.5 Å². The van der Waals surface area contributed by atoms with Crippen LogP contribution in [0.2, 0.25) is 0 Å². The number of hydrogen-bond acceptors (Lipinski definition) is 3. The van der Waals surface area contributed by atoms with Gasteiger partial charge in [0.25, 0.3) is 5.91 Å². The summed E-state index contributed by atoms with van der Waals surface area (Å²) in [6, 6.07) is 11.6. The Morgan fingerprint density at radius 1 is 1.13 bits per heavy atom. The highest BCUT2D eigenvalue weighted by Gasteiger charge is 2.18. The summed E-state index contributed by atoms with van der Waals surface area (Å²) in [5.41, 5.74) is 1.19. The normalized spacial score (nSPS) is 15.3. The summed E-state index contributed by atoms with van der Waals surface area (Å²) in [4.78, 5) is 12.2. The van der Waals surface area contributed by atoms with E-state index in [0.717, 1.165) is 18.6 Å². The van der Waals surface area contributed by atoms with Crippen molar-refractivity contribution in [1.82, 2.24) is 5.32 Å². The van der Waals surface area contributed by atoms with Crippen molar-refractivity contribution in [2.24, 2.45) is 0 Å². The minimum absolute atomic E-state index is 0.126. The van der Waals surface area contributed by atoms with Gasteiger partial charge in [-0.3, -0.25) is 4.79 Å². The summed E-state index contributed by atoms with van der Waals surface area (Å²) in [6.45, 7) is 2.35. The number of hydrogen-bond donors (Lipinski definition) is 1. The summed E-state index contributed by atoms with van der Waals surface area (Å²) in [6.07, 6.45) is 5.79. The number of carbonyl (C=O) groups is 1. The van der Waals surface area contributed by atoms with E-state index in [1.807, 2.05) is 31.2 Å². The Labute approximate surface area is 136 Å². The first-order valence-electron chi connectivity index (χ1n) is 8.30. The van der Waals surface area contributed by atoms with Gasteiger partial charge in [0, 0.05) is 6.04 Å². The van der Waals surface area contributed by atoms with Gasteiger partial charge in [0.15, 0.2) is 5.76 Å². The van der Waals surface area contributed by atoms with Crippen LogP contribution in [0.3, 0.4) is 0 Å². The van der Waals surface area contributed by atoms with E-state index in [-0.39, 0.29) is 11.9 Å². The van der Waals surface area contributed by atoms with Gasteiger partial charge in [0.2, 0.25) is 0 Å². The molecule has 1 aromatic heterocycles. The fourth-order valence-corrected chi connectivity index (χ4v) is 2.87. The molecule has 0 atom stereocenters. The third kappa shape index (κ3) is 4.38. The first-order valence-corrected chi connectivity index (χ1v) is 8.30. The quantitative estimate of drug-likeness (QED) is 0.898. The molecule has 1 heterocycles. The molecule has 0 radical (unpaired) electrons. The van der Waals surface area contributed by atoms with Crippen LogP contribution >= 0.6 is 0 Å². The van der Waals surface area contributed by atoms with Crippen molar-refractivity contribution < 1.29 is 13.9 Å². The van der Waals surface area contributed by atoms with Crippen LogP contribution in [0.4, 0.5) is 0 Å². The second kappa shape index (κ2) is 7.36. The molecular weight excluding hydrogens is 290 g/mol. The van der Waals surface area contributed by atoms with Crippen LogP contribution in [0.1, 0.15) is 54.0 Å². The van der Waals surface area contributed by atoms with E-state index in [1.165, 1.54) is 24.8 Å². The van der Waals surface area contributed by atoms with Crippen LogP contribution < -0.4 is 10.1 Å². The first-order chi connectivity index (χ1) is 11.2. The van der Waals surface area contributed by atoms with E-state index < -0.39 is 0 Å². The highest BCUT2D eigenvalue weighted by atomic mass is 16.5. The fraction of sp³-hybridized carbons (Fsp3) is 0.421. The summed E-state index contributed by atoms with van der Waals surface area (Å²) in [7, 11) is 0. The van der Waals surface area contributed by atoms with Gasteiger partial charge >= 0.3 is 0 Å². The van der Waals surface area contributed by atoms with Crippen molar-refractivity contribution in [2.75, 3.05) is 0 Å². The van der Waals surface area contributed by atoms with E-state index in [2.05, 4.69) is 5.32 Å². The maximum Gasteiger partial charge on any atom is 0.287 e. The third-order valence-corrected chi connectivity index (χ3v) is 4.23. The molecule has 1 aromatic carbocycles. The molecule has 3 rings (SSSR count). The van der Waals surface area contributed by atoms with E-state index in [0.29, 0.717) is 18.1 Å². The number of rotatable bonds is 5. The number of nitrogens with one attached hydrogen (secondary N) is 1. The number of ether oxygens (including phenoxy) is 1. The predicted octanol–water partition coefficient (Wildman–Crippen LogP) is 4.23. The van der Waals surface area contributed by atoms with Crippen molar-refractivity contribution in [1.29, 1.82) is 0 Å². The second-order valence-corrected chi connectivity index (χ2v) is 6.18. The fourth-order valence-electron chi connectivity index (χ4n) is 2.87. The number of benzene rings is 1. The largest absolute Gasteiger partial charge is 0.486 e. The summed E-state index contributed by atoms with van der Waals surface area (Å²) < 4.78 is 11.3. The zero-order valence-electron chi connectivity index (χ0n) is 13.5. The zero-order valence-corrected chi connectivity index (χ0v) is 13.5. The maximum absolute atomic E-state index is 12.2. The molecule has 2 aromatic rings. The van der Waals surface area contributed by atoms with Gasteiger partial charge in [-0.05, 0) is 44.0 Å². The minimum Gasteiger partial charge on any atom is -0.486 e. The monoisotopic (exact) mass is 313 g/mol. The molecule has 4 nitrogen and oxygen atoms in total. The lowest BCUT2D eigenvalue weighted by Crippen LogP contribution is -2.35. The van der Waals surface area contributed by atoms with Crippen LogP contribution in [-0.2, 0) is 6.61 Å². The van der Waals surface area contributed by atoms with Crippen LogP contribution in [0.15, 0.2) is 40.8 Å². The van der Waals surface area contributed by atoms with E-state index >= 15 is 0 Å². The minimum atomic E-state index is -0.126. The predicted molar refractivity (Wildman–Crippen MR) is 88.6 cm³/mol. The molecular formula is C19H23NO3. The lowest BCUT2D eigenvalue weighted by atomic mass is 9.95. The van der Waals surface area contributed by atoms with Crippen molar-refractivity contribution in [2.45, 2.75) is 51.7 Å². The number of amides is 1. The van der Waals surface area contributed by atoms with Crippen molar-refractivity contribution in [3.05, 3.63) is 53.5 Å². The first kappa shape index (κ1) is 15.7. The summed E-state index contributed by atoms with van der Waals surface area (Å²) in [5.74, 6) is 1.68. The number of furan rings is 1. The smallest absolute Gasteiger partial charge is 0.287 e. The lowest BCUT2D eigenvalue weighted by molar-refractivity contribution is 0.0895. The van der Waals surface area contributed by atoms with E-state index in [1.54, 1.807) is 12.1 Å². The Kier molecular flexibility index (Phi) is 5.01. The maximum atomic E-state index is 12.2. The van der Waals surface area contributed by atoms with Gasteiger partial charge in [0.1, 0.15) is 18.1 Å². The molecule has 0 bridgehead atoms. The Balaban J connectivity index is 1.52. The molecule has 1 saturated carbocycles. The highest BCUT2D eigenvalue weighted by Crippen LogP contribution is 2.19. The van der Waals surface area contributed by atoms with Crippen molar-refractivity contribution in [3.63, 3.8) is 0 Å². The van der Waals surface area contributed by atoms with Gasteiger partial charge in [-0.2, -0.15) is 0 Å². The molecule has 0 aliphatic heterocycles. The molecule has 1 N–H and O–H groups in total. The molecule has 1 fully saturated rings. The second-order valence-electron chi connectivity index (χ2n) is 6.18. The van der Waals surface area contributed by atoms with Crippen molar-refractivity contribution in [3.8, 4) is 5.75 Å². The lowest BCUT2D eigenvalue weighted by Gasteiger charge is -2.22. The van der Waals surface area contributed by atoms with Gasteiger partial charge in [0.05, 0.1) is 0 Å². The van der Waals surface area contributed by atoms with E-state index in [4.69, 9.17) is 9.15 Å². The van der Waals surface area contributed by atoms with Crippen molar-refractivity contribution >= 4 is 5.91 Å². The third-order valence-electron chi connectivity index (χ3n) is 4.23. The summed E-state index contributed by atoms with van der Waals surface area (Å²) in [5, 5.41) is 3.05. The average Bonchev–Trinajstić information content (AvgIpc) is 3.04. The van der Waals surface area contributed by atoms with Gasteiger partial charge < -0.3 is 14.5 Å². The standard InChI is InChI=1S/C19H23NO3/c1-14-7-9-16(10-8-14)22-13-17-11-12-18(23-17)19(21)20-15-5-3-2-4-6-15/h7-12,15H,2-6,13H2,1H3,(H,20,21). The van der Waals surface area contributed by atoms with Crippen LogP contribution in [-0.4, -0.2) is 11.9 Å². The molecule has 4 heteroatoms. The number of aryl methyl sites for hydroxylation is 1. The van der Waals surface area contributed by atoms with Gasteiger partial charge in [-0.1, -0.05) is 37.0 Å². The Morgan fingerprint density at radius 2 is 1.87 bits per heavy atom. The molecule has 122 valence electrons. The Bertz CT molecular complexity index is 639. The summed E-state index contributed by atoms with van der Waals surface area (Å²) >= 11 is 0. The molecule has 0 spiro atoms. The molecule has 0 unspecified atom stereocenters. The molecule has 1 aliphatic carbocycles. The van der Waals surface area contributed by atoms with Crippen LogP contribution in [0, 0.1) is 6.92 Å². The highest BCUT2D eigenvalue weighted by molar-refractivity contribution is 5.91.